The molecule has 0 aromatic carbocycles. The van der Waals surface area contributed by atoms with Gasteiger partial charge in [0.1, 0.15) is 5.71 Å². The first-order chi connectivity index (χ1) is 5.38. The molecule has 0 aromatic heterocycles. The Labute approximate surface area is 70.0 Å². The van der Waals surface area contributed by atoms with E-state index in [1.165, 1.54) is 13.0 Å². The van der Waals surface area contributed by atoms with Crippen LogP contribution in [0, 0.1) is 0 Å². The summed E-state index contributed by atoms with van der Waals surface area (Å²) in [6.45, 7) is 4.74. The van der Waals surface area contributed by atoms with Crippen molar-refractivity contribution in [3.05, 3.63) is 12.2 Å². The average Bonchev–Trinajstić information content (AvgIpc) is 1.83. The summed E-state index contributed by atoms with van der Waals surface area (Å²) >= 11 is 0. The van der Waals surface area contributed by atoms with Crippen molar-refractivity contribution in [2.45, 2.75) is 33.0 Å². The van der Waals surface area contributed by atoms with Gasteiger partial charge in [0.25, 0.3) is 0 Å². The van der Waals surface area contributed by atoms with Crippen LogP contribution in [0.1, 0.15) is 20.8 Å². The summed E-state index contributed by atoms with van der Waals surface area (Å²) in [5, 5.41) is 0. The molecule has 0 aliphatic heterocycles. The molecule has 0 bridgehead atoms. The minimum absolute atomic E-state index is 0.335. The Bertz CT molecular complexity index is 189. The number of rotatable bonds is 2. The molecule has 0 aromatic rings. The lowest BCUT2D eigenvalue weighted by molar-refractivity contribution is -0.0580. The number of nitrogens with zero attached hydrogens (tertiary/aromatic N) is 1. The van der Waals surface area contributed by atoms with E-state index in [2.05, 4.69) is 4.99 Å². The number of aliphatic imine (C=N–C) groups is 1. The van der Waals surface area contributed by atoms with Crippen molar-refractivity contribution in [2.24, 2.45) is 4.99 Å². The second kappa shape index (κ2) is 4.28. The zero-order valence-corrected chi connectivity index (χ0v) is 7.31. The molecule has 0 radical (unpaired) electrons. The Kier molecular flexibility index (Phi) is 4.00. The van der Waals surface area contributed by atoms with Crippen molar-refractivity contribution < 1.29 is 13.2 Å². The Balaban J connectivity index is 4.67. The summed E-state index contributed by atoms with van der Waals surface area (Å²) < 4.78 is 36.3. The fraction of sp³-hybridized carbons (Fsp3) is 0.625. The van der Waals surface area contributed by atoms with Gasteiger partial charge >= 0.3 is 6.18 Å². The smallest absolute Gasteiger partial charge is 0.278 e. The van der Waals surface area contributed by atoms with Gasteiger partial charge in [-0.3, -0.25) is 4.99 Å². The van der Waals surface area contributed by atoms with Gasteiger partial charge in [-0.05, 0) is 26.8 Å². The third-order valence-corrected chi connectivity index (χ3v) is 1.01. The normalized spacial score (nSPS) is 14.8. The molecule has 0 fully saturated rings. The van der Waals surface area contributed by atoms with Crippen molar-refractivity contribution in [1.29, 1.82) is 0 Å². The van der Waals surface area contributed by atoms with Crippen LogP contribution in [-0.4, -0.2) is 17.9 Å². The second-order valence-electron chi connectivity index (χ2n) is 2.61. The molecule has 0 aliphatic rings. The molecule has 0 heterocycles. The topological polar surface area (TPSA) is 12.4 Å². The Morgan fingerprint density at radius 3 is 2.08 bits per heavy atom. The van der Waals surface area contributed by atoms with Gasteiger partial charge in [-0.2, -0.15) is 13.2 Å². The van der Waals surface area contributed by atoms with Crippen molar-refractivity contribution in [1.82, 2.24) is 0 Å². The molecule has 1 nitrogen and oxygen atoms in total. The van der Waals surface area contributed by atoms with Gasteiger partial charge in [0.2, 0.25) is 0 Å². The molecule has 12 heavy (non-hydrogen) atoms. The summed E-state index contributed by atoms with van der Waals surface area (Å²) in [4.78, 5) is 3.44. The van der Waals surface area contributed by atoms with Crippen molar-refractivity contribution in [3.63, 3.8) is 0 Å². The average molecular weight is 179 g/mol. The lowest BCUT2D eigenvalue weighted by Gasteiger charge is -2.07. The molecular weight excluding hydrogens is 167 g/mol. The van der Waals surface area contributed by atoms with Crippen LogP contribution >= 0.6 is 0 Å². The molecule has 0 rings (SSSR count). The van der Waals surface area contributed by atoms with E-state index < -0.39 is 11.9 Å². The molecule has 0 atom stereocenters. The van der Waals surface area contributed by atoms with Gasteiger partial charge in [0.05, 0.1) is 0 Å². The van der Waals surface area contributed by atoms with Crippen LogP contribution in [0.15, 0.2) is 17.1 Å². The maximum atomic E-state index is 12.1. The van der Waals surface area contributed by atoms with Gasteiger partial charge in [0.15, 0.2) is 0 Å². The predicted molar refractivity (Wildman–Crippen MR) is 43.4 cm³/mol. The number of hydrogen-bond acceptors (Lipinski definition) is 1. The fourth-order valence-corrected chi connectivity index (χ4v) is 0.647. The maximum absolute atomic E-state index is 12.1. The molecule has 70 valence electrons. The van der Waals surface area contributed by atoms with E-state index in [-0.39, 0.29) is 6.04 Å². The highest BCUT2D eigenvalue weighted by Gasteiger charge is 2.33. The Morgan fingerprint density at radius 2 is 1.83 bits per heavy atom. The van der Waals surface area contributed by atoms with Crippen LogP contribution in [0.2, 0.25) is 0 Å². The van der Waals surface area contributed by atoms with E-state index in [1.54, 1.807) is 13.8 Å². The summed E-state index contributed by atoms with van der Waals surface area (Å²) in [6, 6.07) is -0.335. The molecular formula is C8H12F3N. The lowest BCUT2D eigenvalue weighted by atomic mass is 10.3. The van der Waals surface area contributed by atoms with Gasteiger partial charge < -0.3 is 0 Å². The first-order valence-corrected chi connectivity index (χ1v) is 3.65. The number of halogens is 3. The van der Waals surface area contributed by atoms with Gasteiger partial charge in [0, 0.05) is 6.04 Å². The SMILES string of the molecule is C/C=C\C(=NC(C)C)C(F)(F)F. The molecule has 0 unspecified atom stereocenters. The van der Waals surface area contributed by atoms with Crippen LogP contribution in [0.5, 0.6) is 0 Å². The van der Waals surface area contributed by atoms with E-state index in [0.29, 0.717) is 0 Å². The summed E-state index contributed by atoms with van der Waals surface area (Å²) in [5.74, 6) is 0. The van der Waals surface area contributed by atoms with Crippen LogP contribution in [0.3, 0.4) is 0 Å². The molecule has 0 amide bonds. The van der Waals surface area contributed by atoms with Crippen LogP contribution < -0.4 is 0 Å². The zero-order chi connectivity index (χ0) is 9.78. The van der Waals surface area contributed by atoms with Crippen molar-refractivity contribution in [2.75, 3.05) is 0 Å². The van der Waals surface area contributed by atoms with E-state index >= 15 is 0 Å². The van der Waals surface area contributed by atoms with Crippen LogP contribution in [0.25, 0.3) is 0 Å². The van der Waals surface area contributed by atoms with Gasteiger partial charge in [-0.1, -0.05) is 6.08 Å². The summed E-state index contributed by atoms with van der Waals surface area (Å²) in [5.41, 5.74) is -0.819. The first kappa shape index (κ1) is 11.2. The van der Waals surface area contributed by atoms with Gasteiger partial charge in [-0.25, -0.2) is 0 Å². The predicted octanol–water partition coefficient (Wildman–Crippen LogP) is 2.97. The number of hydrogen-bond donors (Lipinski definition) is 0. The van der Waals surface area contributed by atoms with E-state index in [0.717, 1.165) is 6.08 Å². The molecule has 0 N–H and O–H groups in total. The highest BCUT2D eigenvalue weighted by Crippen LogP contribution is 2.18. The summed E-state index contributed by atoms with van der Waals surface area (Å²) in [6.07, 6.45) is -2.04. The standard InChI is InChI=1S/C8H12F3N/c1-4-5-7(8(9,10)11)12-6(2)3/h4-6H,1-3H3/b5-4-,12-7?. The zero-order valence-electron chi connectivity index (χ0n) is 7.31. The Morgan fingerprint density at radius 1 is 1.33 bits per heavy atom. The number of alkyl halides is 3. The highest BCUT2D eigenvalue weighted by molar-refractivity contribution is 5.99. The second-order valence-corrected chi connectivity index (χ2v) is 2.61. The van der Waals surface area contributed by atoms with Crippen molar-refractivity contribution in [3.8, 4) is 0 Å². The monoisotopic (exact) mass is 179 g/mol. The fourth-order valence-electron chi connectivity index (χ4n) is 0.647. The number of allylic oxidation sites excluding steroid dienone is 2. The lowest BCUT2D eigenvalue weighted by Crippen LogP contribution is -2.22. The molecule has 4 heteroatoms. The summed E-state index contributed by atoms with van der Waals surface area (Å²) in [7, 11) is 0. The minimum Gasteiger partial charge on any atom is -0.278 e. The minimum atomic E-state index is -4.34. The third kappa shape index (κ3) is 4.16. The maximum Gasteiger partial charge on any atom is 0.432 e. The molecule has 0 aliphatic carbocycles. The molecule has 0 saturated heterocycles. The van der Waals surface area contributed by atoms with E-state index in [1.807, 2.05) is 0 Å². The van der Waals surface area contributed by atoms with Gasteiger partial charge in [-0.15, -0.1) is 0 Å². The van der Waals surface area contributed by atoms with E-state index in [4.69, 9.17) is 0 Å². The van der Waals surface area contributed by atoms with Crippen LogP contribution in [-0.2, 0) is 0 Å². The Hall–Kier alpha value is -0.800. The molecule has 0 spiro atoms. The third-order valence-electron chi connectivity index (χ3n) is 1.01. The molecule has 0 saturated carbocycles. The largest absolute Gasteiger partial charge is 0.432 e. The van der Waals surface area contributed by atoms with E-state index in [9.17, 15) is 13.2 Å². The van der Waals surface area contributed by atoms with Crippen LogP contribution in [0.4, 0.5) is 13.2 Å². The van der Waals surface area contributed by atoms with Crippen molar-refractivity contribution >= 4 is 5.71 Å². The highest BCUT2D eigenvalue weighted by atomic mass is 19.4. The first-order valence-electron chi connectivity index (χ1n) is 3.65. The quantitative estimate of drug-likeness (QED) is 0.578.